The lowest BCUT2D eigenvalue weighted by atomic mass is 10.2. The number of anilines is 2. The number of hydrogen-bond acceptors (Lipinski definition) is 6. The van der Waals surface area contributed by atoms with Gasteiger partial charge in [-0.1, -0.05) is 13.8 Å². The molecule has 0 aromatic carbocycles. The van der Waals surface area contributed by atoms with E-state index in [1.807, 2.05) is 13.8 Å². The highest BCUT2D eigenvalue weighted by molar-refractivity contribution is 5.57. The van der Waals surface area contributed by atoms with Gasteiger partial charge in [-0.25, -0.2) is 15.0 Å². The van der Waals surface area contributed by atoms with E-state index in [1.165, 1.54) is 0 Å². The van der Waals surface area contributed by atoms with Crippen LogP contribution in [0, 0.1) is 6.92 Å². The predicted octanol–water partition coefficient (Wildman–Crippen LogP) is 3.33. The van der Waals surface area contributed by atoms with Crippen LogP contribution in [0.1, 0.15) is 50.4 Å². The van der Waals surface area contributed by atoms with Gasteiger partial charge in [0.1, 0.15) is 29.8 Å². The molecule has 0 bridgehead atoms. The van der Waals surface area contributed by atoms with Gasteiger partial charge in [-0.2, -0.15) is 0 Å². The molecule has 2 aromatic rings. The Morgan fingerprint density at radius 1 is 1.19 bits per heavy atom. The van der Waals surface area contributed by atoms with Crippen LogP contribution in [0.3, 0.4) is 0 Å². The first-order valence-electron chi connectivity index (χ1n) is 7.42. The standard InChI is InChI=1S/C15H23N5O/c1-5-7-16-13-12(6-2)14(19-9-18-13)20-11(4)15-17-8-10(3)21-15/h8-9,11H,5-7H2,1-4H3,(H2,16,18,19,20). The molecule has 0 spiro atoms. The van der Waals surface area contributed by atoms with E-state index >= 15 is 0 Å². The van der Waals surface area contributed by atoms with E-state index < -0.39 is 0 Å². The van der Waals surface area contributed by atoms with Crippen molar-refractivity contribution in [3.05, 3.63) is 29.7 Å². The quantitative estimate of drug-likeness (QED) is 0.814. The number of aromatic nitrogens is 3. The van der Waals surface area contributed by atoms with E-state index in [0.29, 0.717) is 5.89 Å². The van der Waals surface area contributed by atoms with Crippen LogP contribution in [0.4, 0.5) is 11.6 Å². The summed E-state index contributed by atoms with van der Waals surface area (Å²) >= 11 is 0. The first-order chi connectivity index (χ1) is 10.2. The van der Waals surface area contributed by atoms with Crippen LogP contribution in [-0.2, 0) is 6.42 Å². The van der Waals surface area contributed by atoms with Gasteiger partial charge < -0.3 is 15.1 Å². The Morgan fingerprint density at radius 3 is 2.57 bits per heavy atom. The monoisotopic (exact) mass is 289 g/mol. The van der Waals surface area contributed by atoms with Crippen LogP contribution in [0.15, 0.2) is 16.9 Å². The maximum absolute atomic E-state index is 5.55. The molecule has 0 radical (unpaired) electrons. The average molecular weight is 289 g/mol. The molecule has 1 unspecified atom stereocenters. The van der Waals surface area contributed by atoms with Gasteiger partial charge in [0.05, 0.1) is 6.20 Å². The van der Waals surface area contributed by atoms with E-state index in [-0.39, 0.29) is 6.04 Å². The molecule has 6 nitrogen and oxygen atoms in total. The second-order valence-corrected chi connectivity index (χ2v) is 5.00. The fraction of sp³-hybridized carbons (Fsp3) is 0.533. The average Bonchev–Trinajstić information content (AvgIpc) is 2.92. The number of rotatable bonds is 7. The molecule has 0 saturated carbocycles. The van der Waals surface area contributed by atoms with Crippen molar-refractivity contribution in [1.29, 1.82) is 0 Å². The summed E-state index contributed by atoms with van der Waals surface area (Å²) in [6, 6.07) is -0.0436. The van der Waals surface area contributed by atoms with Gasteiger partial charge in [-0.05, 0) is 26.7 Å². The number of hydrogen-bond donors (Lipinski definition) is 2. The maximum atomic E-state index is 5.55. The third kappa shape index (κ3) is 3.71. The molecule has 2 N–H and O–H groups in total. The van der Waals surface area contributed by atoms with E-state index in [0.717, 1.165) is 42.3 Å². The molecular formula is C15H23N5O. The summed E-state index contributed by atoms with van der Waals surface area (Å²) in [7, 11) is 0. The number of nitrogens with zero attached hydrogens (tertiary/aromatic N) is 3. The molecule has 21 heavy (non-hydrogen) atoms. The van der Waals surface area contributed by atoms with Gasteiger partial charge in [0.25, 0.3) is 0 Å². The van der Waals surface area contributed by atoms with Gasteiger partial charge in [-0.15, -0.1) is 0 Å². The van der Waals surface area contributed by atoms with Gasteiger partial charge >= 0.3 is 0 Å². The van der Waals surface area contributed by atoms with Crippen molar-refractivity contribution in [3.63, 3.8) is 0 Å². The van der Waals surface area contributed by atoms with Gasteiger partial charge in [0.15, 0.2) is 0 Å². The molecule has 0 fully saturated rings. The lowest BCUT2D eigenvalue weighted by Crippen LogP contribution is -2.13. The zero-order valence-corrected chi connectivity index (χ0v) is 13.1. The highest BCUT2D eigenvalue weighted by atomic mass is 16.4. The Hall–Kier alpha value is -2.11. The summed E-state index contributed by atoms with van der Waals surface area (Å²) in [4.78, 5) is 12.9. The highest BCUT2D eigenvalue weighted by Crippen LogP contribution is 2.24. The molecule has 0 saturated heterocycles. The molecule has 0 aliphatic heterocycles. The van der Waals surface area contributed by atoms with Crippen molar-refractivity contribution in [2.24, 2.45) is 0 Å². The zero-order valence-electron chi connectivity index (χ0n) is 13.1. The first-order valence-corrected chi connectivity index (χ1v) is 7.42. The van der Waals surface area contributed by atoms with E-state index in [2.05, 4.69) is 39.4 Å². The van der Waals surface area contributed by atoms with Crippen molar-refractivity contribution in [1.82, 2.24) is 15.0 Å². The van der Waals surface area contributed by atoms with E-state index in [4.69, 9.17) is 4.42 Å². The molecule has 0 aliphatic carbocycles. The van der Waals surface area contributed by atoms with Crippen LogP contribution in [-0.4, -0.2) is 21.5 Å². The fourth-order valence-corrected chi connectivity index (χ4v) is 2.11. The molecule has 0 aliphatic rings. The van der Waals surface area contributed by atoms with E-state index in [1.54, 1.807) is 12.5 Å². The third-order valence-corrected chi connectivity index (χ3v) is 3.20. The van der Waals surface area contributed by atoms with Crippen LogP contribution in [0.25, 0.3) is 0 Å². The summed E-state index contributed by atoms with van der Waals surface area (Å²) in [6.07, 6.45) is 5.21. The van der Waals surface area contributed by atoms with Crippen LogP contribution >= 0.6 is 0 Å². The Bertz CT molecular complexity index is 581. The summed E-state index contributed by atoms with van der Waals surface area (Å²) in [5.74, 6) is 3.20. The normalized spacial score (nSPS) is 12.2. The van der Waals surface area contributed by atoms with Crippen LogP contribution in [0.2, 0.25) is 0 Å². The third-order valence-electron chi connectivity index (χ3n) is 3.20. The number of aryl methyl sites for hydroxylation is 1. The van der Waals surface area contributed by atoms with Crippen molar-refractivity contribution in [2.75, 3.05) is 17.2 Å². The Labute approximate surface area is 125 Å². The smallest absolute Gasteiger partial charge is 0.216 e. The molecule has 2 rings (SSSR count). The molecule has 2 heterocycles. The number of nitrogens with one attached hydrogen (secondary N) is 2. The van der Waals surface area contributed by atoms with Gasteiger partial charge in [0, 0.05) is 12.1 Å². The topological polar surface area (TPSA) is 75.9 Å². The minimum absolute atomic E-state index is 0.0436. The summed E-state index contributed by atoms with van der Waals surface area (Å²) in [6.45, 7) is 9.02. The Balaban J connectivity index is 2.18. The van der Waals surface area contributed by atoms with Crippen LogP contribution in [0.5, 0.6) is 0 Å². The molecule has 6 heteroatoms. The maximum Gasteiger partial charge on any atom is 0.216 e. The largest absolute Gasteiger partial charge is 0.444 e. The van der Waals surface area contributed by atoms with E-state index in [9.17, 15) is 0 Å². The lowest BCUT2D eigenvalue weighted by Gasteiger charge is -2.16. The summed E-state index contributed by atoms with van der Waals surface area (Å²) in [5.41, 5.74) is 1.08. The van der Waals surface area contributed by atoms with Gasteiger partial charge in [0.2, 0.25) is 5.89 Å². The summed E-state index contributed by atoms with van der Waals surface area (Å²) in [5, 5.41) is 6.70. The zero-order chi connectivity index (χ0) is 15.2. The van der Waals surface area contributed by atoms with Crippen molar-refractivity contribution in [3.8, 4) is 0 Å². The minimum Gasteiger partial charge on any atom is -0.444 e. The summed E-state index contributed by atoms with van der Waals surface area (Å²) < 4.78 is 5.55. The Morgan fingerprint density at radius 2 is 1.95 bits per heavy atom. The molecule has 2 aromatic heterocycles. The minimum atomic E-state index is -0.0436. The van der Waals surface area contributed by atoms with Crippen molar-refractivity contribution < 1.29 is 4.42 Å². The van der Waals surface area contributed by atoms with Crippen molar-refractivity contribution >= 4 is 11.6 Å². The molecule has 114 valence electrons. The van der Waals surface area contributed by atoms with Crippen molar-refractivity contribution in [2.45, 2.75) is 46.6 Å². The lowest BCUT2D eigenvalue weighted by molar-refractivity contribution is 0.453. The Kier molecular flexibility index (Phi) is 5.14. The SMILES string of the molecule is CCCNc1ncnc(NC(C)c2ncc(C)o2)c1CC. The van der Waals surface area contributed by atoms with Gasteiger partial charge in [-0.3, -0.25) is 0 Å². The number of oxazole rings is 1. The molecule has 0 amide bonds. The fourth-order valence-electron chi connectivity index (χ4n) is 2.11. The highest BCUT2D eigenvalue weighted by Gasteiger charge is 2.15. The van der Waals surface area contributed by atoms with Crippen LogP contribution < -0.4 is 10.6 Å². The predicted molar refractivity (Wildman–Crippen MR) is 83.5 cm³/mol. The molecular weight excluding hydrogens is 266 g/mol. The molecule has 1 atom stereocenters. The first kappa shape index (κ1) is 15.3. The second-order valence-electron chi connectivity index (χ2n) is 5.00. The second kappa shape index (κ2) is 7.06.